The van der Waals surface area contributed by atoms with Crippen LogP contribution >= 0.6 is 22.8 Å². The lowest BCUT2D eigenvalue weighted by atomic mass is 10.2. The zero-order valence-electron chi connectivity index (χ0n) is 13.0. The van der Waals surface area contributed by atoms with Gasteiger partial charge in [-0.3, -0.25) is 13.7 Å². The Morgan fingerprint density at radius 3 is 1.21 bits per heavy atom. The molecule has 1 aliphatic rings. The SMILES string of the molecule is O=P(O)(O)CN1CCCCCCN(CP(=O)(O)O)N1CP(=O)(O)O. The molecule has 1 rings (SSSR count). The van der Waals surface area contributed by atoms with Crippen molar-refractivity contribution in [1.82, 2.24) is 15.1 Å². The molecule has 0 radical (unpaired) electrons. The fraction of sp³-hybridized carbons (Fsp3) is 1.00. The molecular formula is C9H24N3O9P3. The first-order valence-electron chi connectivity index (χ1n) is 7.18. The Kier molecular flexibility index (Phi) is 8.22. The molecule has 0 bridgehead atoms. The van der Waals surface area contributed by atoms with Crippen molar-refractivity contribution in [2.24, 2.45) is 0 Å². The maximum absolute atomic E-state index is 11.4. The van der Waals surface area contributed by atoms with Gasteiger partial charge < -0.3 is 29.4 Å². The van der Waals surface area contributed by atoms with Crippen molar-refractivity contribution < 1.29 is 43.1 Å². The molecule has 144 valence electrons. The predicted octanol–water partition coefficient (Wildman–Crippen LogP) is -0.298. The van der Waals surface area contributed by atoms with E-state index >= 15 is 0 Å². The van der Waals surface area contributed by atoms with Crippen molar-refractivity contribution in [1.29, 1.82) is 0 Å². The lowest BCUT2D eigenvalue weighted by molar-refractivity contribution is -0.160. The van der Waals surface area contributed by atoms with Crippen LogP contribution in [0.1, 0.15) is 25.7 Å². The second-order valence-corrected chi connectivity index (χ2v) is 10.5. The van der Waals surface area contributed by atoms with Crippen LogP contribution in [0, 0.1) is 0 Å². The molecule has 12 nitrogen and oxygen atoms in total. The molecule has 1 saturated heterocycles. The summed E-state index contributed by atoms with van der Waals surface area (Å²) < 4.78 is 34.1. The normalized spacial score (nSPS) is 21.2. The lowest BCUT2D eigenvalue weighted by Gasteiger charge is -2.41. The summed E-state index contributed by atoms with van der Waals surface area (Å²) >= 11 is 0. The highest BCUT2D eigenvalue weighted by atomic mass is 31.2. The Bertz CT molecular complexity index is 508. The molecule has 1 aliphatic heterocycles. The van der Waals surface area contributed by atoms with Gasteiger partial charge in [0.1, 0.15) is 18.9 Å². The van der Waals surface area contributed by atoms with E-state index in [0.717, 1.165) is 28.0 Å². The molecule has 0 saturated carbocycles. The Morgan fingerprint density at radius 2 is 0.917 bits per heavy atom. The van der Waals surface area contributed by atoms with E-state index < -0.39 is 41.6 Å². The second-order valence-electron chi connectivity index (χ2n) is 5.66. The van der Waals surface area contributed by atoms with Crippen LogP contribution in [0.5, 0.6) is 0 Å². The monoisotopic (exact) mass is 411 g/mol. The van der Waals surface area contributed by atoms with E-state index in [9.17, 15) is 43.1 Å². The minimum atomic E-state index is -4.65. The summed E-state index contributed by atoms with van der Waals surface area (Å²) in [5, 5.41) is 2.99. The average Bonchev–Trinajstić information content (AvgIpc) is 2.39. The molecule has 0 aromatic heterocycles. The van der Waals surface area contributed by atoms with Crippen molar-refractivity contribution in [3.8, 4) is 0 Å². The van der Waals surface area contributed by atoms with E-state index in [1.54, 1.807) is 0 Å². The van der Waals surface area contributed by atoms with Gasteiger partial charge in [0.15, 0.2) is 0 Å². The van der Waals surface area contributed by atoms with Crippen LogP contribution in [0.15, 0.2) is 0 Å². The van der Waals surface area contributed by atoms with E-state index in [-0.39, 0.29) is 13.1 Å². The summed E-state index contributed by atoms with van der Waals surface area (Å²) in [5.74, 6) is 0. The van der Waals surface area contributed by atoms with E-state index in [1.165, 1.54) is 0 Å². The van der Waals surface area contributed by atoms with Gasteiger partial charge in [-0.25, -0.2) is 10.0 Å². The van der Waals surface area contributed by atoms with Crippen molar-refractivity contribution in [3.63, 3.8) is 0 Å². The standard InChI is InChI=1S/C9H24N3O9P3/c13-22(14,15)7-10-5-3-1-2-4-6-11(8-23(16,17)18)12(10)9-24(19,20)21/h1-9H2,(H2,13,14,15)(H2,16,17,18)(H2,19,20,21). The molecule has 24 heavy (non-hydrogen) atoms. The molecule has 0 aromatic carbocycles. The van der Waals surface area contributed by atoms with Gasteiger partial charge in [-0.2, -0.15) is 5.12 Å². The van der Waals surface area contributed by atoms with Gasteiger partial charge in [0.05, 0.1) is 0 Å². The van der Waals surface area contributed by atoms with Gasteiger partial charge in [-0.1, -0.05) is 12.8 Å². The van der Waals surface area contributed by atoms with Crippen LogP contribution in [0.4, 0.5) is 0 Å². The average molecular weight is 411 g/mol. The number of rotatable bonds is 6. The third kappa shape index (κ3) is 9.72. The van der Waals surface area contributed by atoms with E-state index in [4.69, 9.17) is 0 Å². The van der Waals surface area contributed by atoms with E-state index in [2.05, 4.69) is 0 Å². The molecule has 15 heteroatoms. The Balaban J connectivity index is 3.17. The Labute approximate surface area is 139 Å². The van der Waals surface area contributed by atoms with Crippen molar-refractivity contribution in [2.75, 3.05) is 31.9 Å². The van der Waals surface area contributed by atoms with Crippen LogP contribution in [-0.4, -0.2) is 76.4 Å². The van der Waals surface area contributed by atoms with E-state index in [1.807, 2.05) is 0 Å². The molecular weight excluding hydrogens is 387 g/mol. The zero-order valence-corrected chi connectivity index (χ0v) is 15.6. The van der Waals surface area contributed by atoms with Gasteiger partial charge in [-0.05, 0) is 12.8 Å². The molecule has 0 amide bonds. The Hall–Kier alpha value is 0.330. The van der Waals surface area contributed by atoms with Crippen molar-refractivity contribution in [3.05, 3.63) is 0 Å². The molecule has 0 aromatic rings. The van der Waals surface area contributed by atoms with Crippen LogP contribution in [-0.2, 0) is 13.7 Å². The number of hydrogen-bond acceptors (Lipinski definition) is 6. The quantitative estimate of drug-likeness (QED) is 0.314. The van der Waals surface area contributed by atoms with Crippen LogP contribution in [0.25, 0.3) is 0 Å². The summed E-state index contributed by atoms with van der Waals surface area (Å²) in [6, 6.07) is 0. The third-order valence-corrected chi connectivity index (χ3v) is 5.25. The molecule has 0 spiro atoms. The van der Waals surface area contributed by atoms with Gasteiger partial charge in [0.25, 0.3) is 0 Å². The highest BCUT2D eigenvalue weighted by molar-refractivity contribution is 7.52. The first kappa shape index (κ1) is 22.4. The van der Waals surface area contributed by atoms with Crippen LogP contribution < -0.4 is 0 Å². The molecule has 1 fully saturated rings. The third-order valence-electron chi connectivity index (χ3n) is 3.24. The number of nitrogens with zero attached hydrogens (tertiary/aromatic N) is 3. The van der Waals surface area contributed by atoms with Crippen LogP contribution in [0.2, 0.25) is 0 Å². The fourth-order valence-electron chi connectivity index (χ4n) is 2.41. The van der Waals surface area contributed by atoms with Gasteiger partial charge >= 0.3 is 22.8 Å². The highest BCUT2D eigenvalue weighted by Gasteiger charge is 2.35. The highest BCUT2D eigenvalue weighted by Crippen LogP contribution is 2.42. The van der Waals surface area contributed by atoms with Gasteiger partial charge in [-0.15, -0.1) is 0 Å². The molecule has 0 aliphatic carbocycles. The van der Waals surface area contributed by atoms with Gasteiger partial charge in [0.2, 0.25) is 0 Å². The maximum atomic E-state index is 11.4. The first-order chi connectivity index (χ1) is 10.8. The number of hydrogen-bond donors (Lipinski definition) is 6. The zero-order chi connectivity index (χ0) is 18.6. The smallest absolute Gasteiger partial charge is 0.323 e. The van der Waals surface area contributed by atoms with Crippen molar-refractivity contribution in [2.45, 2.75) is 25.7 Å². The maximum Gasteiger partial charge on any atom is 0.342 e. The molecule has 0 atom stereocenters. The molecule has 0 unspecified atom stereocenters. The van der Waals surface area contributed by atoms with Crippen LogP contribution in [0.3, 0.4) is 0 Å². The topological polar surface area (TPSA) is 182 Å². The minimum absolute atomic E-state index is 0.1000. The largest absolute Gasteiger partial charge is 0.342 e. The molecule has 6 N–H and O–H groups in total. The molecule has 1 heterocycles. The Morgan fingerprint density at radius 1 is 0.583 bits per heavy atom. The van der Waals surface area contributed by atoms with Gasteiger partial charge in [0, 0.05) is 13.1 Å². The fourth-order valence-corrected chi connectivity index (χ4v) is 4.52. The summed E-state index contributed by atoms with van der Waals surface area (Å²) in [5.41, 5.74) is 0. The van der Waals surface area contributed by atoms with E-state index in [0.29, 0.717) is 12.8 Å². The summed E-state index contributed by atoms with van der Waals surface area (Å²) in [4.78, 5) is 55.4. The minimum Gasteiger partial charge on any atom is -0.323 e. The second kappa shape index (κ2) is 8.81. The predicted molar refractivity (Wildman–Crippen MR) is 84.5 cm³/mol. The van der Waals surface area contributed by atoms with Crippen molar-refractivity contribution >= 4 is 22.8 Å². The summed E-state index contributed by atoms with van der Waals surface area (Å²) in [7, 11) is -13.8. The lowest BCUT2D eigenvalue weighted by Crippen LogP contribution is -2.54. The summed E-state index contributed by atoms with van der Waals surface area (Å²) in [6.07, 6.45) is -0.0124. The first-order valence-corrected chi connectivity index (χ1v) is 12.6. The summed E-state index contributed by atoms with van der Waals surface area (Å²) in [6.45, 7) is 0.200. The number of hydrazine groups is 2.